The molecule has 112 valence electrons. The molecule has 1 fully saturated rings. The Morgan fingerprint density at radius 1 is 1.65 bits per heavy atom. The molecule has 1 unspecified atom stereocenters. The number of aliphatic hydroxyl groups is 2. The molecule has 2 rings (SSSR count). The number of alkyl halides is 1. The van der Waals surface area contributed by atoms with Crippen LogP contribution >= 0.6 is 0 Å². The third kappa shape index (κ3) is 2.08. The molecule has 9 heteroatoms. The predicted molar refractivity (Wildman–Crippen MR) is 67.5 cm³/mol. The average Bonchev–Trinajstić information content (AvgIpc) is 2.68. The monoisotopic (exact) mass is 288 g/mol. The number of halogens is 1. The zero-order valence-corrected chi connectivity index (χ0v) is 10.9. The summed E-state index contributed by atoms with van der Waals surface area (Å²) in [5.41, 5.74) is 8.93. The van der Waals surface area contributed by atoms with Crippen LogP contribution in [0.25, 0.3) is 0 Å². The van der Waals surface area contributed by atoms with Crippen LogP contribution in [0.1, 0.15) is 11.8 Å². The Morgan fingerprint density at radius 3 is 2.80 bits per heavy atom. The molecule has 0 saturated carbocycles. The van der Waals surface area contributed by atoms with Gasteiger partial charge in [-0.3, -0.25) is 4.57 Å². The van der Waals surface area contributed by atoms with Gasteiger partial charge in [0.15, 0.2) is 12.4 Å². The van der Waals surface area contributed by atoms with Gasteiger partial charge in [-0.25, -0.2) is 9.18 Å². The van der Waals surface area contributed by atoms with Crippen LogP contribution in [0.2, 0.25) is 0 Å². The van der Waals surface area contributed by atoms with Crippen LogP contribution in [-0.2, 0) is 4.74 Å². The molecule has 2 heterocycles. The molecule has 1 aromatic rings. The van der Waals surface area contributed by atoms with Crippen molar-refractivity contribution in [2.75, 3.05) is 18.9 Å². The molecule has 0 amide bonds. The lowest BCUT2D eigenvalue weighted by Crippen LogP contribution is -2.51. The predicted octanol–water partition coefficient (Wildman–Crippen LogP) is -1.95. The zero-order chi connectivity index (χ0) is 15.1. The molecular weight excluding hydrogens is 271 g/mol. The molecule has 4 atom stereocenters. The van der Waals surface area contributed by atoms with Gasteiger partial charge in [0.1, 0.15) is 17.5 Å². The van der Waals surface area contributed by atoms with E-state index in [9.17, 15) is 19.4 Å². The first-order chi connectivity index (χ1) is 9.36. The van der Waals surface area contributed by atoms with Gasteiger partial charge >= 0.3 is 5.69 Å². The van der Waals surface area contributed by atoms with Crippen LogP contribution in [0.15, 0.2) is 11.0 Å². The van der Waals surface area contributed by atoms with Gasteiger partial charge in [-0.15, -0.1) is 0 Å². The molecule has 0 radical (unpaired) electrons. The smallest absolute Gasteiger partial charge is 0.351 e. The lowest BCUT2D eigenvalue weighted by atomic mass is 9.97. The highest BCUT2D eigenvalue weighted by Crippen LogP contribution is 2.37. The maximum atomic E-state index is 14.2. The minimum absolute atomic E-state index is 0.0347. The first kappa shape index (κ1) is 14.9. The fourth-order valence-electron chi connectivity index (χ4n) is 2.16. The van der Waals surface area contributed by atoms with Crippen LogP contribution in [0, 0.1) is 6.92 Å². The largest absolute Gasteiger partial charge is 0.393 e. The molecule has 1 aliphatic rings. The number of nitrogen functional groups attached to an aromatic ring is 1. The summed E-state index contributed by atoms with van der Waals surface area (Å²) in [6.45, 7) is 0.633. The Balaban J connectivity index is 2.45. The third-order valence-corrected chi connectivity index (χ3v) is 3.53. The number of aromatic nitrogens is 2. The van der Waals surface area contributed by atoms with Crippen LogP contribution < -0.4 is 17.2 Å². The summed E-state index contributed by atoms with van der Waals surface area (Å²) in [6, 6.07) is 0. The maximum Gasteiger partial charge on any atom is 0.351 e. The van der Waals surface area contributed by atoms with Gasteiger partial charge < -0.3 is 26.4 Å². The summed E-state index contributed by atoms with van der Waals surface area (Å²) in [4.78, 5) is 15.3. The van der Waals surface area contributed by atoms with E-state index in [0.717, 1.165) is 4.57 Å². The van der Waals surface area contributed by atoms with E-state index in [4.69, 9.17) is 16.2 Å². The molecular formula is C11H17FN4O4. The number of nitrogens with zero attached hydrogens (tertiary/aromatic N) is 2. The first-order valence-corrected chi connectivity index (χ1v) is 6.02. The van der Waals surface area contributed by atoms with Crippen molar-refractivity contribution in [3.63, 3.8) is 0 Å². The SMILES string of the molecule is Cc1cn(C2O[C@](CN)(CO)[C@@H](O)[C@H]2F)c(=O)nc1N. The number of nitrogens with two attached hydrogens (primary N) is 2. The lowest BCUT2D eigenvalue weighted by Gasteiger charge is -2.27. The number of ether oxygens (including phenoxy) is 1. The summed E-state index contributed by atoms with van der Waals surface area (Å²) in [5, 5.41) is 19.1. The van der Waals surface area contributed by atoms with Crippen molar-refractivity contribution in [2.24, 2.45) is 5.73 Å². The molecule has 1 aliphatic heterocycles. The normalized spacial score (nSPS) is 33.5. The van der Waals surface area contributed by atoms with Crippen molar-refractivity contribution in [1.82, 2.24) is 9.55 Å². The maximum absolute atomic E-state index is 14.2. The molecule has 8 nitrogen and oxygen atoms in total. The van der Waals surface area contributed by atoms with E-state index in [0.29, 0.717) is 5.56 Å². The van der Waals surface area contributed by atoms with Crippen LogP contribution in [-0.4, -0.2) is 50.8 Å². The van der Waals surface area contributed by atoms with E-state index in [1.807, 2.05) is 0 Å². The van der Waals surface area contributed by atoms with E-state index in [1.165, 1.54) is 6.20 Å². The number of aryl methyl sites for hydroxylation is 1. The topological polar surface area (TPSA) is 137 Å². The fourth-order valence-corrected chi connectivity index (χ4v) is 2.16. The van der Waals surface area contributed by atoms with Gasteiger partial charge in [0.05, 0.1) is 6.61 Å². The number of anilines is 1. The number of hydrogen-bond acceptors (Lipinski definition) is 7. The van der Waals surface area contributed by atoms with Crippen molar-refractivity contribution in [2.45, 2.75) is 31.0 Å². The fraction of sp³-hybridized carbons (Fsp3) is 0.636. The van der Waals surface area contributed by atoms with Gasteiger partial charge in [-0.05, 0) is 6.92 Å². The van der Waals surface area contributed by atoms with Gasteiger partial charge in [0.2, 0.25) is 0 Å². The van der Waals surface area contributed by atoms with E-state index >= 15 is 0 Å². The number of aliphatic hydroxyl groups excluding tert-OH is 2. The first-order valence-electron chi connectivity index (χ1n) is 6.02. The highest BCUT2D eigenvalue weighted by atomic mass is 19.1. The zero-order valence-electron chi connectivity index (χ0n) is 10.9. The van der Waals surface area contributed by atoms with E-state index in [1.54, 1.807) is 6.92 Å². The quantitative estimate of drug-likeness (QED) is 0.507. The van der Waals surface area contributed by atoms with E-state index < -0.39 is 36.4 Å². The Kier molecular flexibility index (Phi) is 3.78. The molecule has 1 saturated heterocycles. The molecule has 6 N–H and O–H groups in total. The lowest BCUT2D eigenvalue weighted by molar-refractivity contribution is -0.122. The molecule has 0 aromatic carbocycles. The second-order valence-corrected chi connectivity index (χ2v) is 4.82. The second kappa shape index (κ2) is 5.09. The minimum atomic E-state index is -1.92. The standard InChI is InChI=1S/C11H17FN4O4/c1-5-2-16(10(19)15-8(5)14)9-6(12)7(18)11(3-13,4-17)20-9/h2,6-7,9,17-18H,3-4,13H2,1H3,(H2,14,15,19)/t6-,7+,9?,11-/m1/s1. The van der Waals surface area contributed by atoms with E-state index in [-0.39, 0.29) is 12.4 Å². The van der Waals surface area contributed by atoms with E-state index in [2.05, 4.69) is 4.98 Å². The number of hydrogen-bond donors (Lipinski definition) is 4. The Morgan fingerprint density at radius 2 is 2.30 bits per heavy atom. The van der Waals surface area contributed by atoms with Crippen LogP contribution in [0.5, 0.6) is 0 Å². The minimum Gasteiger partial charge on any atom is -0.393 e. The van der Waals surface area contributed by atoms with Crippen LogP contribution in [0.4, 0.5) is 10.2 Å². The number of rotatable bonds is 3. The summed E-state index contributed by atoms with van der Waals surface area (Å²) in [5.74, 6) is 0.0347. The van der Waals surface area contributed by atoms with Crippen molar-refractivity contribution in [3.8, 4) is 0 Å². The third-order valence-electron chi connectivity index (χ3n) is 3.53. The molecule has 0 aliphatic carbocycles. The van der Waals surface area contributed by atoms with Crippen molar-refractivity contribution >= 4 is 5.82 Å². The van der Waals surface area contributed by atoms with Crippen molar-refractivity contribution in [3.05, 3.63) is 22.2 Å². The van der Waals surface area contributed by atoms with Gasteiger partial charge in [0, 0.05) is 18.3 Å². The Hall–Kier alpha value is -1.55. The van der Waals surface area contributed by atoms with Crippen LogP contribution in [0.3, 0.4) is 0 Å². The van der Waals surface area contributed by atoms with Crippen molar-refractivity contribution < 1.29 is 19.3 Å². The molecule has 0 spiro atoms. The highest BCUT2D eigenvalue weighted by Gasteiger charge is 2.55. The van der Waals surface area contributed by atoms with Gasteiger partial charge in [-0.1, -0.05) is 0 Å². The molecule has 1 aromatic heterocycles. The Bertz CT molecular complexity index is 560. The molecule has 0 bridgehead atoms. The highest BCUT2D eigenvalue weighted by molar-refractivity contribution is 5.35. The molecule has 20 heavy (non-hydrogen) atoms. The van der Waals surface area contributed by atoms with Crippen molar-refractivity contribution in [1.29, 1.82) is 0 Å². The summed E-state index contributed by atoms with van der Waals surface area (Å²) in [7, 11) is 0. The van der Waals surface area contributed by atoms with Gasteiger partial charge in [0.25, 0.3) is 0 Å². The second-order valence-electron chi connectivity index (χ2n) is 4.82. The summed E-state index contributed by atoms with van der Waals surface area (Å²) >= 11 is 0. The Labute approximate surface area is 113 Å². The summed E-state index contributed by atoms with van der Waals surface area (Å²) < 4.78 is 20.4. The summed E-state index contributed by atoms with van der Waals surface area (Å²) in [6.07, 6.45) is -3.70. The average molecular weight is 288 g/mol. The van der Waals surface area contributed by atoms with Gasteiger partial charge in [-0.2, -0.15) is 4.98 Å².